The van der Waals surface area contributed by atoms with Crippen LogP contribution >= 0.6 is 0 Å². The number of carbonyl (C=O) groups is 1. The molecule has 1 fully saturated rings. The third-order valence-electron chi connectivity index (χ3n) is 3.90. The van der Waals surface area contributed by atoms with E-state index in [1.165, 1.54) is 6.07 Å². The van der Waals surface area contributed by atoms with Crippen molar-refractivity contribution in [2.45, 2.75) is 33.1 Å². The zero-order chi connectivity index (χ0) is 14.0. The Bertz CT molecular complexity index is 464. The zero-order valence-electron chi connectivity index (χ0n) is 11.6. The summed E-state index contributed by atoms with van der Waals surface area (Å²) < 4.78 is 13.6. The average Bonchev–Trinajstić information content (AvgIpc) is 2.83. The van der Waals surface area contributed by atoms with Crippen molar-refractivity contribution in [3.05, 3.63) is 29.1 Å². The molecule has 1 aliphatic rings. The van der Waals surface area contributed by atoms with E-state index in [-0.39, 0.29) is 5.91 Å². The predicted octanol–water partition coefficient (Wildman–Crippen LogP) is 2.98. The highest BCUT2D eigenvalue weighted by Crippen LogP contribution is 2.24. The monoisotopic (exact) mass is 264 g/mol. The minimum absolute atomic E-state index is 0.107. The van der Waals surface area contributed by atoms with Crippen LogP contribution in [0.25, 0.3) is 0 Å². The van der Waals surface area contributed by atoms with Gasteiger partial charge in [0.25, 0.3) is 5.91 Å². The van der Waals surface area contributed by atoms with Crippen molar-refractivity contribution in [3.63, 3.8) is 0 Å². The summed E-state index contributed by atoms with van der Waals surface area (Å²) in [6.45, 7) is 5.31. The molecule has 1 unspecified atom stereocenters. The Morgan fingerprint density at radius 3 is 2.89 bits per heavy atom. The Morgan fingerprint density at radius 1 is 1.53 bits per heavy atom. The lowest BCUT2D eigenvalue weighted by Crippen LogP contribution is -2.29. The van der Waals surface area contributed by atoms with Crippen molar-refractivity contribution in [2.24, 2.45) is 5.92 Å². The Balaban J connectivity index is 2.13. The van der Waals surface area contributed by atoms with E-state index in [4.69, 9.17) is 5.73 Å². The van der Waals surface area contributed by atoms with E-state index >= 15 is 0 Å². The second-order valence-corrected chi connectivity index (χ2v) is 5.37. The summed E-state index contributed by atoms with van der Waals surface area (Å²) in [4.78, 5) is 14.1. The van der Waals surface area contributed by atoms with Gasteiger partial charge in [0.1, 0.15) is 5.82 Å². The van der Waals surface area contributed by atoms with E-state index < -0.39 is 5.82 Å². The van der Waals surface area contributed by atoms with Gasteiger partial charge < -0.3 is 10.6 Å². The first-order valence-corrected chi connectivity index (χ1v) is 6.87. The summed E-state index contributed by atoms with van der Waals surface area (Å²) in [5.41, 5.74) is 6.83. The second kappa shape index (κ2) is 5.59. The lowest BCUT2D eigenvalue weighted by molar-refractivity contribution is 0.0786. The van der Waals surface area contributed by atoms with Crippen molar-refractivity contribution in [1.29, 1.82) is 0 Å². The number of likely N-dealkylation sites (tertiary alicyclic amines) is 1. The van der Waals surface area contributed by atoms with E-state index in [0.717, 1.165) is 32.4 Å². The highest BCUT2D eigenvalue weighted by atomic mass is 19.1. The summed E-state index contributed by atoms with van der Waals surface area (Å²) in [5.74, 6) is 0.0680. The van der Waals surface area contributed by atoms with Crippen molar-refractivity contribution in [2.75, 3.05) is 18.8 Å². The highest BCUT2D eigenvalue weighted by molar-refractivity contribution is 5.95. The van der Waals surface area contributed by atoms with Crippen molar-refractivity contribution < 1.29 is 9.18 Å². The van der Waals surface area contributed by atoms with E-state index in [2.05, 4.69) is 6.92 Å². The van der Waals surface area contributed by atoms with Gasteiger partial charge in [-0.15, -0.1) is 0 Å². The van der Waals surface area contributed by atoms with Gasteiger partial charge in [-0.05, 0) is 37.8 Å². The quantitative estimate of drug-likeness (QED) is 0.853. The number of benzene rings is 1. The molecule has 0 bridgehead atoms. The maximum absolute atomic E-state index is 13.6. The molecule has 1 amide bonds. The van der Waals surface area contributed by atoms with E-state index in [1.54, 1.807) is 13.0 Å². The van der Waals surface area contributed by atoms with Crippen molar-refractivity contribution >= 4 is 11.6 Å². The molecule has 1 heterocycles. The molecule has 1 atom stereocenters. The molecular weight excluding hydrogens is 243 g/mol. The first kappa shape index (κ1) is 13.8. The van der Waals surface area contributed by atoms with Gasteiger partial charge in [0.15, 0.2) is 0 Å². The Morgan fingerprint density at radius 2 is 2.26 bits per heavy atom. The fraction of sp³-hybridized carbons (Fsp3) is 0.533. The van der Waals surface area contributed by atoms with Crippen molar-refractivity contribution in [1.82, 2.24) is 4.90 Å². The van der Waals surface area contributed by atoms with E-state index in [1.807, 2.05) is 4.90 Å². The molecule has 0 radical (unpaired) electrons. The van der Waals surface area contributed by atoms with Gasteiger partial charge in [0.05, 0.1) is 0 Å². The second-order valence-electron chi connectivity index (χ2n) is 5.37. The summed E-state index contributed by atoms with van der Waals surface area (Å²) in [6.07, 6.45) is 3.33. The first-order chi connectivity index (χ1) is 9.02. The average molecular weight is 264 g/mol. The van der Waals surface area contributed by atoms with Crippen LogP contribution < -0.4 is 5.73 Å². The topological polar surface area (TPSA) is 46.3 Å². The SMILES string of the molecule is CCCC1CCN(C(=O)c2cc(N)c(C)c(F)c2)C1. The van der Waals surface area contributed by atoms with Crippen molar-refractivity contribution in [3.8, 4) is 0 Å². The maximum atomic E-state index is 13.6. The summed E-state index contributed by atoms with van der Waals surface area (Å²) >= 11 is 0. The number of nitrogen functional groups attached to an aromatic ring is 1. The largest absolute Gasteiger partial charge is 0.398 e. The van der Waals surface area contributed by atoms with Crippen LogP contribution in [0.4, 0.5) is 10.1 Å². The maximum Gasteiger partial charge on any atom is 0.254 e. The molecule has 0 aromatic heterocycles. The molecule has 0 saturated carbocycles. The van der Waals surface area contributed by atoms with Crippen LogP contribution in [-0.2, 0) is 0 Å². The standard InChI is InChI=1S/C15H21FN2O/c1-3-4-11-5-6-18(9-11)15(19)12-7-13(16)10(2)14(17)8-12/h7-8,11H,3-6,9,17H2,1-2H3. The number of anilines is 1. The van der Waals surface area contributed by atoms with Crippen LogP contribution in [0.2, 0.25) is 0 Å². The number of hydrogen-bond donors (Lipinski definition) is 1. The van der Waals surface area contributed by atoms with Gasteiger partial charge in [-0.25, -0.2) is 4.39 Å². The Hall–Kier alpha value is -1.58. The fourth-order valence-electron chi connectivity index (χ4n) is 2.67. The summed E-state index contributed by atoms with van der Waals surface area (Å²) in [6, 6.07) is 2.87. The van der Waals surface area contributed by atoms with Crippen LogP contribution in [0.3, 0.4) is 0 Å². The van der Waals surface area contributed by atoms with Gasteiger partial charge in [0.2, 0.25) is 0 Å². The molecule has 1 aliphatic heterocycles. The van der Waals surface area contributed by atoms with Crippen LogP contribution in [0.5, 0.6) is 0 Å². The third-order valence-corrected chi connectivity index (χ3v) is 3.90. The number of nitrogens with zero attached hydrogens (tertiary/aromatic N) is 1. The molecule has 1 aromatic rings. The van der Waals surface area contributed by atoms with E-state index in [0.29, 0.717) is 22.7 Å². The summed E-state index contributed by atoms with van der Waals surface area (Å²) in [7, 11) is 0. The molecule has 2 N–H and O–H groups in total. The predicted molar refractivity (Wildman–Crippen MR) is 74.5 cm³/mol. The molecule has 0 aliphatic carbocycles. The third kappa shape index (κ3) is 2.88. The van der Waals surface area contributed by atoms with Gasteiger partial charge in [0, 0.05) is 29.9 Å². The minimum Gasteiger partial charge on any atom is -0.398 e. The van der Waals surface area contributed by atoms with Gasteiger partial charge in [-0.3, -0.25) is 4.79 Å². The Kier molecular flexibility index (Phi) is 4.08. The molecule has 104 valence electrons. The Labute approximate surface area is 113 Å². The molecule has 2 rings (SSSR count). The number of hydrogen-bond acceptors (Lipinski definition) is 2. The number of rotatable bonds is 3. The minimum atomic E-state index is -0.410. The molecule has 1 saturated heterocycles. The lowest BCUT2D eigenvalue weighted by Gasteiger charge is -2.17. The zero-order valence-corrected chi connectivity index (χ0v) is 11.6. The first-order valence-electron chi connectivity index (χ1n) is 6.87. The normalized spacial score (nSPS) is 18.9. The van der Waals surface area contributed by atoms with Crippen LogP contribution in [0.1, 0.15) is 42.1 Å². The van der Waals surface area contributed by atoms with Crippen LogP contribution in [-0.4, -0.2) is 23.9 Å². The number of amides is 1. The van der Waals surface area contributed by atoms with Gasteiger partial charge in [-0.2, -0.15) is 0 Å². The molecule has 3 nitrogen and oxygen atoms in total. The van der Waals surface area contributed by atoms with Crippen LogP contribution in [0, 0.1) is 18.7 Å². The molecule has 19 heavy (non-hydrogen) atoms. The van der Waals surface area contributed by atoms with Gasteiger partial charge in [-0.1, -0.05) is 13.3 Å². The fourth-order valence-corrected chi connectivity index (χ4v) is 2.67. The smallest absolute Gasteiger partial charge is 0.254 e. The molecular formula is C15H21FN2O. The number of nitrogens with two attached hydrogens (primary N) is 1. The molecule has 1 aromatic carbocycles. The van der Waals surface area contributed by atoms with E-state index in [9.17, 15) is 9.18 Å². The number of carbonyl (C=O) groups excluding carboxylic acids is 1. The van der Waals surface area contributed by atoms with Gasteiger partial charge >= 0.3 is 0 Å². The van der Waals surface area contributed by atoms with Crippen LogP contribution in [0.15, 0.2) is 12.1 Å². The molecule has 4 heteroatoms. The highest BCUT2D eigenvalue weighted by Gasteiger charge is 2.26. The summed E-state index contributed by atoms with van der Waals surface area (Å²) in [5, 5.41) is 0. The lowest BCUT2D eigenvalue weighted by atomic mass is 10.0. The number of halogens is 1. The molecule has 0 spiro atoms.